The van der Waals surface area contributed by atoms with Crippen molar-refractivity contribution in [2.45, 2.75) is 128 Å². The molecule has 0 aromatic carbocycles. The van der Waals surface area contributed by atoms with Crippen molar-refractivity contribution in [1.82, 2.24) is 0 Å². The molecule has 0 atom stereocenters. The minimum atomic E-state index is 0. The summed E-state index contributed by atoms with van der Waals surface area (Å²) < 4.78 is 0. The largest absolute Gasteiger partial charge is 0.146 e. The third-order valence-electron chi connectivity index (χ3n) is 6.55. The molecule has 2 saturated heterocycles. The van der Waals surface area contributed by atoms with Gasteiger partial charge in [0.25, 0.3) is 0 Å². The zero-order valence-corrected chi connectivity index (χ0v) is 20.0. The van der Waals surface area contributed by atoms with Crippen molar-refractivity contribution < 1.29 is 0 Å². The highest BCUT2D eigenvalue weighted by Gasteiger charge is 2.38. The second kappa shape index (κ2) is 9.78. The van der Waals surface area contributed by atoms with Crippen LogP contribution < -0.4 is 0 Å². The Morgan fingerprint density at radius 1 is 0.750 bits per heavy atom. The molecule has 0 unspecified atom stereocenters. The maximum Gasteiger partial charge on any atom is 0.146 e. The van der Waals surface area contributed by atoms with Gasteiger partial charge in [0.1, 0.15) is 6.71 Å². The van der Waals surface area contributed by atoms with Crippen LogP contribution in [0.25, 0.3) is 0 Å². The smallest absolute Gasteiger partial charge is 0.114 e. The molecule has 0 aromatic rings. The van der Waals surface area contributed by atoms with Gasteiger partial charge < -0.3 is 0 Å². The zero-order valence-electron chi connectivity index (χ0n) is 17.4. The Morgan fingerprint density at radius 3 is 1.62 bits per heavy atom. The molecular weight excluding hydrogens is 374 g/mol. The van der Waals surface area contributed by atoms with Crippen molar-refractivity contribution in [3.05, 3.63) is 0 Å². The van der Waals surface area contributed by atoms with E-state index in [9.17, 15) is 0 Å². The minimum Gasteiger partial charge on any atom is -0.114 e. The van der Waals surface area contributed by atoms with Crippen LogP contribution in [0.2, 0.25) is 18.0 Å². The lowest BCUT2D eigenvalue weighted by atomic mass is 9.26. The van der Waals surface area contributed by atoms with Crippen molar-refractivity contribution >= 4 is 31.6 Å². The third-order valence-corrected chi connectivity index (χ3v) is 10.6. The van der Waals surface area contributed by atoms with E-state index in [1.54, 1.807) is 32.0 Å². The SMILES string of the molecule is Br.CC(C)(C)P(CCCCCB1C2CCCC1CCC2)C(C)(C)C. The highest BCUT2D eigenvalue weighted by Crippen LogP contribution is 2.59. The normalized spacial score (nSPS) is 24.9. The van der Waals surface area contributed by atoms with Gasteiger partial charge >= 0.3 is 0 Å². The molecule has 0 radical (unpaired) electrons. The van der Waals surface area contributed by atoms with Crippen molar-refractivity contribution in [2.75, 3.05) is 6.16 Å². The first kappa shape index (κ1) is 23.0. The van der Waals surface area contributed by atoms with Crippen LogP contribution >= 0.6 is 24.9 Å². The Hall–Kier alpha value is 0.975. The average Bonchev–Trinajstić information content (AvgIpc) is 2.39. The molecule has 2 aliphatic heterocycles. The Morgan fingerprint density at radius 2 is 1.21 bits per heavy atom. The molecule has 0 aromatic heterocycles. The number of unbranched alkanes of at least 4 members (excludes halogenated alkanes) is 2. The second-order valence-electron chi connectivity index (χ2n) is 10.4. The van der Waals surface area contributed by atoms with Crippen LogP contribution in [0, 0.1) is 0 Å². The minimum absolute atomic E-state index is 0. The van der Waals surface area contributed by atoms with Crippen molar-refractivity contribution in [2.24, 2.45) is 0 Å². The number of rotatable bonds is 6. The molecule has 2 fully saturated rings. The van der Waals surface area contributed by atoms with Gasteiger partial charge in [0.15, 0.2) is 0 Å². The molecule has 2 aliphatic rings. The van der Waals surface area contributed by atoms with Gasteiger partial charge in [0.05, 0.1) is 0 Å². The molecule has 3 heteroatoms. The standard InChI is InChI=1S/C21H42BP.BrH/c1-20(2,3)23(21(4,5)6)17-9-7-8-16-22-18-12-10-13-19(22)15-11-14-18;/h18-19H,7-17H2,1-6H3;1H. The van der Waals surface area contributed by atoms with E-state index in [-0.39, 0.29) is 24.9 Å². The van der Waals surface area contributed by atoms with Crippen molar-refractivity contribution in [3.8, 4) is 0 Å². The summed E-state index contributed by atoms with van der Waals surface area (Å²) in [6.07, 6.45) is 16.8. The van der Waals surface area contributed by atoms with Crippen LogP contribution in [0.4, 0.5) is 0 Å². The maximum absolute atomic E-state index is 2.47. The molecule has 0 N–H and O–H groups in total. The van der Waals surface area contributed by atoms with Gasteiger partial charge in [-0.3, -0.25) is 0 Å². The fourth-order valence-corrected chi connectivity index (χ4v) is 9.68. The summed E-state index contributed by atoms with van der Waals surface area (Å²) in [5, 5.41) is 1.02. The molecule has 2 heterocycles. The van der Waals surface area contributed by atoms with Gasteiger partial charge in [-0.2, -0.15) is 0 Å². The molecule has 0 amide bonds. The monoisotopic (exact) mass is 416 g/mol. The van der Waals surface area contributed by atoms with Gasteiger partial charge in [0.2, 0.25) is 0 Å². The second-order valence-corrected chi connectivity index (χ2v) is 14.4. The average molecular weight is 417 g/mol. The molecule has 0 saturated carbocycles. The van der Waals surface area contributed by atoms with Gasteiger partial charge in [-0.1, -0.05) is 119 Å². The van der Waals surface area contributed by atoms with E-state index in [0.29, 0.717) is 10.3 Å². The summed E-state index contributed by atoms with van der Waals surface area (Å²) in [6, 6.07) is 0. The van der Waals surface area contributed by atoms with Crippen LogP contribution in [0.3, 0.4) is 0 Å². The molecule has 2 rings (SSSR count). The van der Waals surface area contributed by atoms with Crippen LogP contribution in [0.1, 0.15) is 99.3 Å². The van der Waals surface area contributed by atoms with E-state index in [1.807, 2.05) is 0 Å². The summed E-state index contributed by atoms with van der Waals surface area (Å²) in [4.78, 5) is 0. The first-order valence-corrected chi connectivity index (χ1v) is 12.0. The topological polar surface area (TPSA) is 0 Å². The summed E-state index contributed by atoms with van der Waals surface area (Å²) in [5.41, 5.74) is 0. The van der Waals surface area contributed by atoms with E-state index in [2.05, 4.69) is 41.5 Å². The molecular formula is C21H43BBrP. The maximum atomic E-state index is 2.47. The Balaban J connectivity index is 0.00000288. The van der Waals surface area contributed by atoms with Crippen LogP contribution in [0.5, 0.6) is 0 Å². The van der Waals surface area contributed by atoms with Gasteiger partial charge in [-0.15, -0.1) is 17.0 Å². The lowest BCUT2D eigenvalue weighted by molar-refractivity contribution is 0.440. The summed E-state index contributed by atoms with van der Waals surface area (Å²) in [6.45, 7) is 15.9. The quantitative estimate of drug-likeness (QED) is 0.231. The summed E-state index contributed by atoms with van der Waals surface area (Å²) in [7, 11) is 0.117. The van der Waals surface area contributed by atoms with Gasteiger partial charge in [-0.05, 0) is 22.9 Å². The fraction of sp³-hybridized carbons (Fsp3) is 1.00. The number of fused-ring (bicyclic) bond motifs is 2. The number of hydrogen-bond donors (Lipinski definition) is 0. The molecule has 24 heavy (non-hydrogen) atoms. The van der Waals surface area contributed by atoms with E-state index in [4.69, 9.17) is 0 Å². The summed E-state index contributed by atoms with van der Waals surface area (Å²) >= 11 is 0. The highest BCUT2D eigenvalue weighted by molar-refractivity contribution is 8.93. The van der Waals surface area contributed by atoms with Crippen LogP contribution in [-0.4, -0.2) is 23.2 Å². The van der Waals surface area contributed by atoms with E-state index >= 15 is 0 Å². The van der Waals surface area contributed by atoms with Crippen LogP contribution in [-0.2, 0) is 0 Å². The molecule has 2 bridgehead atoms. The number of hydrogen-bond acceptors (Lipinski definition) is 0. The fourth-order valence-electron chi connectivity index (χ4n) is 5.79. The predicted molar refractivity (Wildman–Crippen MR) is 121 cm³/mol. The first-order valence-electron chi connectivity index (χ1n) is 10.5. The van der Waals surface area contributed by atoms with Gasteiger partial charge in [-0.25, -0.2) is 0 Å². The Labute approximate surface area is 165 Å². The van der Waals surface area contributed by atoms with E-state index in [0.717, 1.165) is 18.3 Å². The highest BCUT2D eigenvalue weighted by atomic mass is 79.9. The van der Waals surface area contributed by atoms with E-state index in [1.165, 1.54) is 38.3 Å². The lowest BCUT2D eigenvalue weighted by Gasteiger charge is -2.42. The lowest BCUT2D eigenvalue weighted by Crippen LogP contribution is -2.34. The summed E-state index contributed by atoms with van der Waals surface area (Å²) in [5.74, 6) is 2.23. The van der Waals surface area contributed by atoms with Crippen molar-refractivity contribution in [1.29, 1.82) is 0 Å². The third kappa shape index (κ3) is 6.61. The number of halogens is 1. The van der Waals surface area contributed by atoms with E-state index < -0.39 is 0 Å². The molecule has 0 nitrogen and oxygen atoms in total. The van der Waals surface area contributed by atoms with Crippen LogP contribution in [0.15, 0.2) is 0 Å². The van der Waals surface area contributed by atoms with Gasteiger partial charge in [0, 0.05) is 0 Å². The first-order chi connectivity index (χ1) is 10.7. The Bertz CT molecular complexity index is 322. The molecule has 142 valence electrons. The van der Waals surface area contributed by atoms with Crippen molar-refractivity contribution in [3.63, 3.8) is 0 Å². The Kier molecular flexibility index (Phi) is 9.38. The molecule has 0 aliphatic carbocycles. The predicted octanol–water partition coefficient (Wildman–Crippen LogP) is 8.42. The zero-order chi connectivity index (χ0) is 17.1. The molecule has 0 spiro atoms.